The maximum Gasteiger partial charge on any atom is 0.0537 e. The second-order valence-corrected chi connectivity index (χ2v) is 14.1. The third-order valence-electron chi connectivity index (χ3n) is 11.0. The number of hydrogen-bond donors (Lipinski definition) is 0. The molecular formula is C52H38N2. The standard InChI is InChI=1S/C52H38N2/c1-5-15-37(16-6-1)41-19-13-25-45(35-41)53(43-21-9-3-10-22-43)49-33-29-39-28-32-48-50(34-30-40-27-31-47(49)51(39)52(40)48)54(44-23-11-4-12-24-44)46-26-14-20-42(36-46)38-17-7-2-8-18-38/h1-36,39,51H. The molecule has 2 heteroatoms. The van der Waals surface area contributed by atoms with Gasteiger partial charge in [0.05, 0.1) is 5.69 Å². The van der Waals surface area contributed by atoms with Crippen molar-refractivity contribution >= 4 is 40.6 Å². The summed E-state index contributed by atoms with van der Waals surface area (Å²) in [5.41, 5.74) is 17.0. The molecule has 0 aliphatic heterocycles. The molecule has 2 atom stereocenters. The first-order valence-electron chi connectivity index (χ1n) is 18.8. The fourth-order valence-electron chi connectivity index (χ4n) is 8.50. The Morgan fingerprint density at radius 2 is 0.870 bits per heavy atom. The second-order valence-electron chi connectivity index (χ2n) is 14.1. The van der Waals surface area contributed by atoms with Gasteiger partial charge in [0.25, 0.3) is 0 Å². The molecule has 3 aliphatic carbocycles. The van der Waals surface area contributed by atoms with Crippen LogP contribution in [0.2, 0.25) is 0 Å². The van der Waals surface area contributed by atoms with Crippen LogP contribution in [0.3, 0.4) is 0 Å². The number of benzene rings is 7. The fourth-order valence-corrected chi connectivity index (χ4v) is 8.50. The zero-order valence-electron chi connectivity index (χ0n) is 29.8. The van der Waals surface area contributed by atoms with E-state index in [0.29, 0.717) is 0 Å². The van der Waals surface area contributed by atoms with Crippen LogP contribution in [0.1, 0.15) is 22.6 Å². The summed E-state index contributed by atoms with van der Waals surface area (Å²) >= 11 is 0. The van der Waals surface area contributed by atoms with Crippen molar-refractivity contribution in [3.05, 3.63) is 234 Å². The van der Waals surface area contributed by atoms with Gasteiger partial charge in [-0.3, -0.25) is 0 Å². The van der Waals surface area contributed by atoms with Gasteiger partial charge in [0.2, 0.25) is 0 Å². The number of allylic oxidation sites excluding steroid dienone is 5. The monoisotopic (exact) mass is 690 g/mol. The molecule has 10 rings (SSSR count). The highest BCUT2D eigenvalue weighted by atomic mass is 15.2. The van der Waals surface area contributed by atoms with Crippen molar-refractivity contribution in [2.75, 3.05) is 9.80 Å². The Hall–Kier alpha value is -6.90. The van der Waals surface area contributed by atoms with Crippen LogP contribution in [0.15, 0.2) is 218 Å². The van der Waals surface area contributed by atoms with E-state index in [1.54, 1.807) is 0 Å². The molecule has 0 saturated carbocycles. The van der Waals surface area contributed by atoms with E-state index in [0.717, 1.165) is 22.7 Å². The molecule has 3 aliphatic rings. The highest BCUT2D eigenvalue weighted by Crippen LogP contribution is 2.53. The van der Waals surface area contributed by atoms with Gasteiger partial charge >= 0.3 is 0 Å². The van der Waals surface area contributed by atoms with Gasteiger partial charge in [0.15, 0.2) is 0 Å². The molecule has 0 aromatic heterocycles. The maximum atomic E-state index is 2.44. The number of hydrogen-bond acceptors (Lipinski definition) is 2. The fraction of sp³-hybridized carbons (Fsp3) is 0.0385. The molecule has 7 aromatic rings. The molecule has 0 N–H and O–H groups in total. The van der Waals surface area contributed by atoms with Crippen LogP contribution in [-0.4, -0.2) is 0 Å². The van der Waals surface area contributed by atoms with Crippen LogP contribution >= 0.6 is 0 Å². The number of rotatable bonds is 8. The largest absolute Gasteiger partial charge is 0.310 e. The highest BCUT2D eigenvalue weighted by molar-refractivity contribution is 5.90. The number of para-hydroxylation sites is 2. The topological polar surface area (TPSA) is 6.48 Å². The summed E-state index contributed by atoms with van der Waals surface area (Å²) in [7, 11) is 0. The summed E-state index contributed by atoms with van der Waals surface area (Å²) in [6, 6.07) is 65.4. The third-order valence-corrected chi connectivity index (χ3v) is 11.0. The molecule has 54 heavy (non-hydrogen) atoms. The summed E-state index contributed by atoms with van der Waals surface area (Å²) in [6.45, 7) is 0. The van der Waals surface area contributed by atoms with Crippen molar-refractivity contribution in [2.45, 2.75) is 5.92 Å². The lowest BCUT2D eigenvalue weighted by atomic mass is 9.68. The third kappa shape index (κ3) is 5.60. The SMILES string of the molecule is C1=Cc2ccc(N(c3ccccc3)c3cccc(-c4ccccc4)c3)c3c2C2C1=C(N(c1ccccc1)c1cccc(-c4ccccc4)c1)C=CC2C=C3. The van der Waals surface area contributed by atoms with Crippen LogP contribution < -0.4 is 9.80 Å². The number of nitrogens with zero attached hydrogens (tertiary/aromatic N) is 2. The lowest BCUT2D eigenvalue weighted by Crippen LogP contribution is -2.28. The van der Waals surface area contributed by atoms with Crippen LogP contribution in [0, 0.1) is 5.92 Å². The van der Waals surface area contributed by atoms with Crippen molar-refractivity contribution < 1.29 is 0 Å². The summed E-state index contributed by atoms with van der Waals surface area (Å²) in [5.74, 6) is 0.441. The van der Waals surface area contributed by atoms with Crippen LogP contribution in [-0.2, 0) is 0 Å². The zero-order valence-corrected chi connectivity index (χ0v) is 29.8. The molecule has 7 aromatic carbocycles. The van der Waals surface area contributed by atoms with E-state index in [1.165, 1.54) is 55.9 Å². The highest BCUT2D eigenvalue weighted by Gasteiger charge is 2.37. The second kappa shape index (κ2) is 13.6. The summed E-state index contributed by atoms with van der Waals surface area (Å²) in [6.07, 6.45) is 14.2. The minimum Gasteiger partial charge on any atom is -0.310 e. The molecule has 0 bridgehead atoms. The van der Waals surface area contributed by atoms with E-state index in [9.17, 15) is 0 Å². The van der Waals surface area contributed by atoms with E-state index >= 15 is 0 Å². The van der Waals surface area contributed by atoms with Crippen molar-refractivity contribution in [1.29, 1.82) is 0 Å². The molecule has 2 unspecified atom stereocenters. The minimum atomic E-state index is 0.182. The van der Waals surface area contributed by atoms with Gasteiger partial charge in [0, 0.05) is 45.8 Å². The van der Waals surface area contributed by atoms with Gasteiger partial charge in [0.1, 0.15) is 0 Å². The summed E-state index contributed by atoms with van der Waals surface area (Å²) in [5, 5.41) is 0. The minimum absolute atomic E-state index is 0.182. The molecule has 0 saturated heterocycles. The van der Waals surface area contributed by atoms with Crippen LogP contribution in [0.4, 0.5) is 28.4 Å². The lowest BCUT2D eigenvalue weighted by Gasteiger charge is -2.41. The Morgan fingerprint density at radius 3 is 1.48 bits per heavy atom. The molecule has 0 heterocycles. The lowest BCUT2D eigenvalue weighted by molar-refractivity contribution is 0.655. The van der Waals surface area contributed by atoms with E-state index in [-0.39, 0.29) is 11.8 Å². The molecule has 256 valence electrons. The Labute approximate surface area is 317 Å². The van der Waals surface area contributed by atoms with Gasteiger partial charge in [-0.1, -0.05) is 158 Å². The molecule has 2 nitrogen and oxygen atoms in total. The first-order valence-corrected chi connectivity index (χ1v) is 18.8. The van der Waals surface area contributed by atoms with Crippen LogP contribution in [0.25, 0.3) is 34.4 Å². The van der Waals surface area contributed by atoms with E-state index in [2.05, 4.69) is 228 Å². The van der Waals surface area contributed by atoms with Crippen molar-refractivity contribution in [3.63, 3.8) is 0 Å². The molecule has 0 spiro atoms. The first-order chi connectivity index (χ1) is 26.8. The average molecular weight is 691 g/mol. The van der Waals surface area contributed by atoms with Crippen molar-refractivity contribution in [3.8, 4) is 22.3 Å². The Bertz CT molecular complexity index is 2600. The Kier molecular flexibility index (Phi) is 8.00. The van der Waals surface area contributed by atoms with Crippen molar-refractivity contribution in [1.82, 2.24) is 0 Å². The quantitative estimate of drug-likeness (QED) is 0.157. The van der Waals surface area contributed by atoms with Gasteiger partial charge in [-0.05, 0) is 99.6 Å². The van der Waals surface area contributed by atoms with Gasteiger partial charge < -0.3 is 9.80 Å². The predicted molar refractivity (Wildman–Crippen MR) is 227 cm³/mol. The Balaban J connectivity index is 1.13. The van der Waals surface area contributed by atoms with Gasteiger partial charge in [-0.25, -0.2) is 0 Å². The Morgan fingerprint density at radius 1 is 0.370 bits per heavy atom. The maximum absolute atomic E-state index is 2.44. The normalized spacial score (nSPS) is 16.2. The van der Waals surface area contributed by atoms with Gasteiger partial charge in [-0.15, -0.1) is 0 Å². The molecular weight excluding hydrogens is 653 g/mol. The molecule has 0 amide bonds. The summed E-state index contributed by atoms with van der Waals surface area (Å²) < 4.78 is 0. The van der Waals surface area contributed by atoms with E-state index in [4.69, 9.17) is 0 Å². The van der Waals surface area contributed by atoms with E-state index < -0.39 is 0 Å². The zero-order chi connectivity index (χ0) is 35.8. The van der Waals surface area contributed by atoms with Crippen molar-refractivity contribution in [2.24, 2.45) is 5.92 Å². The van der Waals surface area contributed by atoms with Gasteiger partial charge in [-0.2, -0.15) is 0 Å². The predicted octanol–water partition coefficient (Wildman–Crippen LogP) is 13.9. The number of anilines is 5. The van der Waals surface area contributed by atoms with Crippen LogP contribution in [0.5, 0.6) is 0 Å². The smallest absolute Gasteiger partial charge is 0.0537 e. The molecule has 0 radical (unpaired) electrons. The van der Waals surface area contributed by atoms with E-state index in [1.807, 2.05) is 0 Å². The first kappa shape index (κ1) is 31.8. The average Bonchev–Trinajstić information content (AvgIpc) is 3.25. The summed E-state index contributed by atoms with van der Waals surface area (Å²) in [4.78, 5) is 4.87. The molecule has 0 fully saturated rings.